The molecule has 0 unspecified atom stereocenters. The van der Waals surface area contributed by atoms with Crippen LogP contribution in [-0.4, -0.2) is 50.3 Å². The minimum atomic E-state index is -0.233. The van der Waals surface area contributed by atoms with Crippen LogP contribution in [0.2, 0.25) is 0 Å². The molecule has 0 aliphatic carbocycles. The van der Waals surface area contributed by atoms with Crippen LogP contribution in [0.4, 0.5) is 10.1 Å². The molecule has 1 fully saturated rings. The molecule has 2 aliphatic rings. The van der Waals surface area contributed by atoms with E-state index in [-0.39, 0.29) is 24.6 Å². The van der Waals surface area contributed by atoms with Crippen molar-refractivity contribution < 1.29 is 23.1 Å². The molecule has 0 saturated carbocycles. The molecule has 3 heterocycles. The molecular formula is C24H24FN3O4. The van der Waals surface area contributed by atoms with Crippen molar-refractivity contribution in [2.24, 2.45) is 0 Å². The molecule has 0 bridgehead atoms. The molecule has 1 saturated heterocycles. The number of furan rings is 1. The SMILES string of the molecule is O=C(NC[C@H](c1ccco1)N1CCN(c2ccc(F)cc2)CC1)c1ccc2c(c1)OCO2. The molecule has 2 aromatic carbocycles. The third-order valence-electron chi connectivity index (χ3n) is 5.91. The van der Waals surface area contributed by atoms with Gasteiger partial charge in [0.25, 0.3) is 5.91 Å². The Labute approximate surface area is 185 Å². The number of ether oxygens (including phenoxy) is 2. The predicted molar refractivity (Wildman–Crippen MR) is 117 cm³/mol. The second kappa shape index (κ2) is 8.92. The summed E-state index contributed by atoms with van der Waals surface area (Å²) in [5.41, 5.74) is 1.53. The van der Waals surface area contributed by atoms with E-state index in [4.69, 9.17) is 13.9 Å². The second-order valence-electron chi connectivity index (χ2n) is 7.81. The number of fused-ring (bicyclic) bond motifs is 1. The van der Waals surface area contributed by atoms with Crippen molar-refractivity contribution >= 4 is 11.6 Å². The average molecular weight is 437 g/mol. The van der Waals surface area contributed by atoms with Crippen molar-refractivity contribution in [2.45, 2.75) is 6.04 Å². The summed E-state index contributed by atoms with van der Waals surface area (Å²) in [6, 6.07) is 15.5. The van der Waals surface area contributed by atoms with Crippen LogP contribution in [-0.2, 0) is 0 Å². The fourth-order valence-electron chi connectivity index (χ4n) is 4.16. The zero-order valence-corrected chi connectivity index (χ0v) is 17.5. The van der Waals surface area contributed by atoms with Crippen LogP contribution >= 0.6 is 0 Å². The van der Waals surface area contributed by atoms with E-state index >= 15 is 0 Å². The maximum Gasteiger partial charge on any atom is 0.251 e. The fraction of sp³-hybridized carbons (Fsp3) is 0.292. The Balaban J connectivity index is 1.24. The van der Waals surface area contributed by atoms with Crippen LogP contribution in [0.3, 0.4) is 0 Å². The number of piperazine rings is 1. The minimum absolute atomic E-state index is 0.0849. The first-order valence-electron chi connectivity index (χ1n) is 10.6. The summed E-state index contributed by atoms with van der Waals surface area (Å²) in [7, 11) is 0. The largest absolute Gasteiger partial charge is 0.468 e. The van der Waals surface area contributed by atoms with Crippen molar-refractivity contribution in [3.63, 3.8) is 0 Å². The zero-order valence-electron chi connectivity index (χ0n) is 17.5. The third kappa shape index (κ3) is 4.27. The van der Waals surface area contributed by atoms with Gasteiger partial charge in [0.1, 0.15) is 11.6 Å². The number of hydrogen-bond acceptors (Lipinski definition) is 6. The van der Waals surface area contributed by atoms with E-state index in [0.717, 1.165) is 37.6 Å². The van der Waals surface area contributed by atoms with Crippen LogP contribution < -0.4 is 19.7 Å². The molecular weight excluding hydrogens is 413 g/mol. The van der Waals surface area contributed by atoms with Crippen molar-refractivity contribution in [1.29, 1.82) is 0 Å². The summed E-state index contributed by atoms with van der Waals surface area (Å²) in [6.07, 6.45) is 1.65. The summed E-state index contributed by atoms with van der Waals surface area (Å²) in [5, 5.41) is 3.03. The number of benzene rings is 2. The van der Waals surface area contributed by atoms with Gasteiger partial charge in [0, 0.05) is 44.0 Å². The molecule has 32 heavy (non-hydrogen) atoms. The van der Waals surface area contributed by atoms with E-state index in [2.05, 4.69) is 15.1 Å². The number of amides is 1. The molecule has 5 rings (SSSR count). The van der Waals surface area contributed by atoms with Gasteiger partial charge in [-0.15, -0.1) is 0 Å². The number of anilines is 1. The maximum absolute atomic E-state index is 13.2. The predicted octanol–water partition coefficient (Wildman–Crippen LogP) is 3.44. The van der Waals surface area contributed by atoms with E-state index in [9.17, 15) is 9.18 Å². The summed E-state index contributed by atoms with van der Waals surface area (Å²) in [6.45, 7) is 3.78. The highest BCUT2D eigenvalue weighted by Crippen LogP contribution is 2.32. The number of nitrogens with one attached hydrogen (secondary N) is 1. The molecule has 1 atom stereocenters. The van der Waals surface area contributed by atoms with Crippen LogP contribution in [0.25, 0.3) is 0 Å². The van der Waals surface area contributed by atoms with E-state index in [0.29, 0.717) is 23.6 Å². The van der Waals surface area contributed by atoms with Gasteiger partial charge in [0.2, 0.25) is 6.79 Å². The number of nitrogens with zero attached hydrogens (tertiary/aromatic N) is 2. The lowest BCUT2D eigenvalue weighted by Gasteiger charge is -2.39. The summed E-state index contributed by atoms with van der Waals surface area (Å²) in [4.78, 5) is 17.3. The van der Waals surface area contributed by atoms with Gasteiger partial charge in [-0.3, -0.25) is 9.69 Å². The van der Waals surface area contributed by atoms with Gasteiger partial charge in [0.15, 0.2) is 11.5 Å². The van der Waals surface area contributed by atoms with Crippen molar-refractivity contribution in [3.05, 3.63) is 78.0 Å². The van der Waals surface area contributed by atoms with Gasteiger partial charge in [-0.05, 0) is 54.6 Å². The zero-order chi connectivity index (χ0) is 21.9. The normalized spacial score (nSPS) is 16.7. The van der Waals surface area contributed by atoms with Gasteiger partial charge < -0.3 is 24.1 Å². The lowest BCUT2D eigenvalue weighted by Crippen LogP contribution is -2.49. The first kappa shape index (κ1) is 20.4. The van der Waals surface area contributed by atoms with Crippen LogP contribution in [0, 0.1) is 5.82 Å². The number of carbonyl (C=O) groups is 1. The van der Waals surface area contributed by atoms with Crippen molar-refractivity contribution in [3.8, 4) is 11.5 Å². The van der Waals surface area contributed by atoms with E-state index in [1.807, 2.05) is 12.1 Å². The topological polar surface area (TPSA) is 67.2 Å². The lowest BCUT2D eigenvalue weighted by atomic mass is 10.1. The summed E-state index contributed by atoms with van der Waals surface area (Å²) >= 11 is 0. The van der Waals surface area contributed by atoms with Gasteiger partial charge in [-0.1, -0.05) is 0 Å². The Kier molecular flexibility index (Phi) is 5.68. The summed E-state index contributed by atoms with van der Waals surface area (Å²) < 4.78 is 29.6. The maximum atomic E-state index is 13.2. The Morgan fingerprint density at radius 3 is 2.53 bits per heavy atom. The molecule has 1 aromatic heterocycles. The molecule has 166 valence electrons. The molecule has 7 nitrogen and oxygen atoms in total. The Morgan fingerprint density at radius 1 is 1.00 bits per heavy atom. The average Bonchev–Trinajstić information content (AvgIpc) is 3.52. The van der Waals surface area contributed by atoms with E-state index < -0.39 is 0 Å². The van der Waals surface area contributed by atoms with Crippen LogP contribution in [0.1, 0.15) is 22.2 Å². The lowest BCUT2D eigenvalue weighted by molar-refractivity contribution is 0.0922. The van der Waals surface area contributed by atoms with Crippen LogP contribution in [0.15, 0.2) is 65.3 Å². The smallest absolute Gasteiger partial charge is 0.251 e. The number of halogens is 1. The minimum Gasteiger partial charge on any atom is -0.468 e. The van der Waals surface area contributed by atoms with Crippen molar-refractivity contribution in [1.82, 2.24) is 10.2 Å². The van der Waals surface area contributed by atoms with Gasteiger partial charge in [-0.25, -0.2) is 4.39 Å². The Bertz CT molecular complexity index is 1060. The molecule has 0 radical (unpaired) electrons. The van der Waals surface area contributed by atoms with Gasteiger partial charge in [-0.2, -0.15) is 0 Å². The van der Waals surface area contributed by atoms with Gasteiger partial charge in [0.05, 0.1) is 12.3 Å². The first-order chi connectivity index (χ1) is 15.7. The highest BCUT2D eigenvalue weighted by molar-refractivity contribution is 5.95. The highest BCUT2D eigenvalue weighted by atomic mass is 19.1. The Morgan fingerprint density at radius 2 is 1.78 bits per heavy atom. The molecule has 8 heteroatoms. The van der Waals surface area contributed by atoms with Crippen molar-refractivity contribution in [2.75, 3.05) is 44.4 Å². The Hall–Kier alpha value is -3.52. The number of rotatable bonds is 6. The molecule has 2 aliphatic heterocycles. The number of carbonyl (C=O) groups excluding carboxylic acids is 1. The quantitative estimate of drug-likeness (QED) is 0.637. The molecule has 3 aromatic rings. The third-order valence-corrected chi connectivity index (χ3v) is 5.91. The second-order valence-corrected chi connectivity index (χ2v) is 7.81. The molecule has 0 spiro atoms. The fourth-order valence-corrected chi connectivity index (χ4v) is 4.16. The molecule has 1 N–H and O–H groups in total. The summed E-state index contributed by atoms with van der Waals surface area (Å²) in [5.74, 6) is 1.63. The van der Waals surface area contributed by atoms with E-state index in [1.54, 1.807) is 36.6 Å². The highest BCUT2D eigenvalue weighted by Gasteiger charge is 2.28. The standard InChI is InChI=1S/C24H24FN3O4/c25-18-4-6-19(7-5-18)27-9-11-28(12-10-27)20(21-2-1-13-30-21)15-26-24(29)17-3-8-22-23(14-17)32-16-31-22/h1-8,13-14,20H,9-12,15-16H2,(H,26,29)/t20-/m1/s1. The monoisotopic (exact) mass is 437 g/mol. The first-order valence-corrected chi connectivity index (χ1v) is 10.6. The number of hydrogen-bond donors (Lipinski definition) is 1. The molecule has 1 amide bonds. The van der Waals surface area contributed by atoms with Crippen LogP contribution in [0.5, 0.6) is 11.5 Å². The van der Waals surface area contributed by atoms with Gasteiger partial charge >= 0.3 is 0 Å². The van der Waals surface area contributed by atoms with E-state index in [1.165, 1.54) is 12.1 Å².